The third-order valence-electron chi connectivity index (χ3n) is 3.64. The fourth-order valence-electron chi connectivity index (χ4n) is 3.08. The molecule has 1 aliphatic rings. The molecule has 0 radical (unpaired) electrons. The highest BCUT2D eigenvalue weighted by Gasteiger charge is 2.32. The molecule has 16 heavy (non-hydrogen) atoms. The van der Waals surface area contributed by atoms with Crippen molar-refractivity contribution in [2.45, 2.75) is 53.5 Å². The zero-order valence-electron chi connectivity index (χ0n) is 12.1. The summed E-state index contributed by atoms with van der Waals surface area (Å²) in [6.07, 6.45) is 1.27. The monoisotopic (exact) mass is 226 g/mol. The van der Waals surface area contributed by atoms with Crippen molar-refractivity contribution in [3.8, 4) is 0 Å². The molecule has 0 saturated carbocycles. The van der Waals surface area contributed by atoms with Crippen molar-refractivity contribution in [3.63, 3.8) is 0 Å². The van der Waals surface area contributed by atoms with E-state index in [9.17, 15) is 0 Å². The van der Waals surface area contributed by atoms with Gasteiger partial charge in [-0.15, -0.1) is 0 Å². The lowest BCUT2D eigenvalue weighted by Crippen LogP contribution is -2.55. The first kappa shape index (κ1) is 14.0. The predicted molar refractivity (Wildman–Crippen MR) is 71.8 cm³/mol. The molecule has 2 nitrogen and oxygen atoms in total. The minimum absolute atomic E-state index is 0.345. The van der Waals surface area contributed by atoms with Gasteiger partial charge in [0.2, 0.25) is 0 Å². The summed E-state index contributed by atoms with van der Waals surface area (Å²) in [7, 11) is 0. The van der Waals surface area contributed by atoms with Gasteiger partial charge in [0.1, 0.15) is 0 Å². The first-order chi connectivity index (χ1) is 7.24. The van der Waals surface area contributed by atoms with Gasteiger partial charge in [-0.3, -0.25) is 4.90 Å². The second kappa shape index (κ2) is 5.05. The van der Waals surface area contributed by atoms with Gasteiger partial charge in [-0.1, -0.05) is 27.7 Å². The average molecular weight is 226 g/mol. The van der Waals surface area contributed by atoms with Crippen molar-refractivity contribution < 1.29 is 0 Å². The first-order valence-corrected chi connectivity index (χ1v) is 6.72. The van der Waals surface area contributed by atoms with E-state index < -0.39 is 0 Å². The Bertz CT molecular complexity index is 207. The van der Waals surface area contributed by atoms with Crippen LogP contribution in [0.25, 0.3) is 0 Å². The maximum Gasteiger partial charge on any atom is 0.0159 e. The summed E-state index contributed by atoms with van der Waals surface area (Å²) >= 11 is 0. The molecule has 1 saturated heterocycles. The summed E-state index contributed by atoms with van der Waals surface area (Å²) < 4.78 is 0. The summed E-state index contributed by atoms with van der Waals surface area (Å²) in [5.41, 5.74) is 0.767. The van der Waals surface area contributed by atoms with Crippen LogP contribution >= 0.6 is 0 Å². The van der Waals surface area contributed by atoms with Crippen LogP contribution in [-0.2, 0) is 0 Å². The Morgan fingerprint density at radius 3 is 1.75 bits per heavy atom. The minimum Gasteiger partial charge on any atom is -0.301 e. The van der Waals surface area contributed by atoms with Gasteiger partial charge in [0.05, 0.1) is 0 Å². The number of nitrogens with zero attached hydrogens (tertiary/aromatic N) is 2. The van der Waals surface area contributed by atoms with Crippen LogP contribution in [0.4, 0.5) is 0 Å². The predicted octanol–water partition coefficient (Wildman–Crippen LogP) is 2.84. The molecule has 0 bridgehead atoms. The SMILES string of the molecule is CCN1CCN(C(C)(C)CC(C)(C)C)CC1. The van der Waals surface area contributed by atoms with Crippen LogP contribution in [0.15, 0.2) is 0 Å². The third-order valence-corrected chi connectivity index (χ3v) is 3.64. The Morgan fingerprint density at radius 1 is 0.875 bits per heavy atom. The van der Waals surface area contributed by atoms with E-state index in [1.54, 1.807) is 0 Å². The van der Waals surface area contributed by atoms with Gasteiger partial charge in [-0.05, 0) is 32.2 Å². The number of piperazine rings is 1. The Balaban J connectivity index is 2.51. The van der Waals surface area contributed by atoms with Crippen molar-refractivity contribution in [2.24, 2.45) is 5.41 Å². The molecule has 0 aliphatic carbocycles. The molecule has 0 aromatic heterocycles. The molecule has 2 heteroatoms. The zero-order chi connectivity index (χ0) is 12.4. The van der Waals surface area contributed by atoms with Gasteiger partial charge in [0, 0.05) is 31.7 Å². The molecule has 1 fully saturated rings. The van der Waals surface area contributed by atoms with Crippen LogP contribution in [0.3, 0.4) is 0 Å². The highest BCUT2D eigenvalue weighted by Crippen LogP contribution is 2.31. The normalized spacial score (nSPS) is 21.4. The van der Waals surface area contributed by atoms with Crippen LogP contribution in [0, 0.1) is 5.41 Å². The molecule has 1 aliphatic heterocycles. The van der Waals surface area contributed by atoms with Gasteiger partial charge in [0.15, 0.2) is 0 Å². The lowest BCUT2D eigenvalue weighted by atomic mass is 9.80. The lowest BCUT2D eigenvalue weighted by molar-refractivity contribution is 0.0300. The largest absolute Gasteiger partial charge is 0.301 e. The standard InChI is InChI=1S/C14H30N2/c1-7-15-8-10-16(11-9-15)14(5,6)12-13(2,3)4/h7-12H2,1-6H3. The molecule has 0 amide bonds. The van der Waals surface area contributed by atoms with E-state index in [1.807, 2.05) is 0 Å². The first-order valence-electron chi connectivity index (χ1n) is 6.72. The summed E-state index contributed by atoms with van der Waals surface area (Å²) in [4.78, 5) is 5.22. The molecular weight excluding hydrogens is 196 g/mol. The Morgan fingerprint density at radius 2 is 1.38 bits per heavy atom. The van der Waals surface area contributed by atoms with Crippen LogP contribution in [0.5, 0.6) is 0 Å². The second-order valence-electron chi connectivity index (χ2n) is 6.97. The van der Waals surface area contributed by atoms with Gasteiger partial charge in [0.25, 0.3) is 0 Å². The van der Waals surface area contributed by atoms with E-state index in [0.29, 0.717) is 11.0 Å². The molecule has 1 rings (SSSR count). The van der Waals surface area contributed by atoms with E-state index in [2.05, 4.69) is 51.3 Å². The third kappa shape index (κ3) is 4.06. The number of hydrogen-bond donors (Lipinski definition) is 0. The fourth-order valence-corrected chi connectivity index (χ4v) is 3.08. The number of rotatable bonds is 3. The van der Waals surface area contributed by atoms with Gasteiger partial charge in [-0.25, -0.2) is 0 Å². The maximum absolute atomic E-state index is 2.67. The second-order valence-corrected chi connectivity index (χ2v) is 6.97. The van der Waals surface area contributed by atoms with Crippen LogP contribution in [0.1, 0.15) is 48.0 Å². The summed E-state index contributed by atoms with van der Waals surface area (Å²) in [6, 6.07) is 0. The van der Waals surface area contributed by atoms with E-state index >= 15 is 0 Å². The Labute approximate surface area is 102 Å². The highest BCUT2D eigenvalue weighted by atomic mass is 15.3. The molecule has 0 N–H and O–H groups in total. The molecule has 0 unspecified atom stereocenters. The molecule has 96 valence electrons. The molecule has 0 aromatic rings. The maximum atomic E-state index is 2.67. The average Bonchev–Trinajstić information content (AvgIpc) is 2.14. The summed E-state index contributed by atoms with van der Waals surface area (Å²) in [6.45, 7) is 20.2. The molecule has 0 spiro atoms. The number of likely N-dealkylation sites (N-methyl/N-ethyl adjacent to an activating group) is 1. The number of hydrogen-bond acceptors (Lipinski definition) is 2. The molecule has 0 aromatic carbocycles. The Hall–Kier alpha value is -0.0800. The lowest BCUT2D eigenvalue weighted by Gasteiger charge is -2.46. The Kier molecular flexibility index (Phi) is 4.42. The van der Waals surface area contributed by atoms with Gasteiger partial charge >= 0.3 is 0 Å². The summed E-state index contributed by atoms with van der Waals surface area (Å²) in [5, 5.41) is 0. The van der Waals surface area contributed by atoms with Crippen LogP contribution in [0.2, 0.25) is 0 Å². The molecular formula is C14H30N2. The van der Waals surface area contributed by atoms with E-state index in [1.165, 1.54) is 39.1 Å². The van der Waals surface area contributed by atoms with Crippen LogP contribution < -0.4 is 0 Å². The highest BCUT2D eigenvalue weighted by molar-refractivity contribution is 4.88. The van der Waals surface area contributed by atoms with Gasteiger partial charge in [-0.2, -0.15) is 0 Å². The van der Waals surface area contributed by atoms with Crippen LogP contribution in [-0.4, -0.2) is 48.1 Å². The van der Waals surface area contributed by atoms with Gasteiger partial charge < -0.3 is 4.90 Å². The van der Waals surface area contributed by atoms with Crippen molar-refractivity contribution in [3.05, 3.63) is 0 Å². The van der Waals surface area contributed by atoms with Crippen molar-refractivity contribution >= 4 is 0 Å². The van der Waals surface area contributed by atoms with E-state index in [4.69, 9.17) is 0 Å². The fraction of sp³-hybridized carbons (Fsp3) is 1.00. The minimum atomic E-state index is 0.345. The zero-order valence-corrected chi connectivity index (χ0v) is 12.1. The van der Waals surface area contributed by atoms with Crippen molar-refractivity contribution in [2.75, 3.05) is 32.7 Å². The van der Waals surface area contributed by atoms with E-state index in [0.717, 1.165) is 0 Å². The smallest absolute Gasteiger partial charge is 0.0159 e. The molecule has 1 heterocycles. The molecule has 0 atom stereocenters. The topological polar surface area (TPSA) is 6.48 Å². The van der Waals surface area contributed by atoms with Crippen molar-refractivity contribution in [1.82, 2.24) is 9.80 Å². The van der Waals surface area contributed by atoms with Crippen molar-refractivity contribution in [1.29, 1.82) is 0 Å². The van der Waals surface area contributed by atoms with E-state index in [-0.39, 0.29) is 0 Å². The quantitative estimate of drug-likeness (QED) is 0.730. The summed E-state index contributed by atoms with van der Waals surface area (Å²) in [5.74, 6) is 0.